The van der Waals surface area contributed by atoms with Gasteiger partial charge in [0.25, 0.3) is 5.91 Å². The van der Waals surface area contributed by atoms with Crippen molar-refractivity contribution in [2.45, 2.75) is 56.7 Å². The molecular weight excluding hydrogens is 344 g/mol. The van der Waals surface area contributed by atoms with Crippen LogP contribution < -0.4 is 10.6 Å². The van der Waals surface area contributed by atoms with Gasteiger partial charge in [0.05, 0.1) is 5.56 Å². The number of fused-ring (bicyclic) bond motifs is 3. The number of nitrogens with zero attached hydrogens (tertiary/aromatic N) is 4. The third kappa shape index (κ3) is 3.66. The average molecular weight is 370 g/mol. The van der Waals surface area contributed by atoms with Crippen LogP contribution in [0.5, 0.6) is 0 Å². The topological polar surface area (TPSA) is 91.6 Å². The summed E-state index contributed by atoms with van der Waals surface area (Å²) in [6.07, 6.45) is 8.58. The number of hydrogen-bond donors (Lipinski definition) is 2. The first kappa shape index (κ1) is 17.9. The molecule has 0 spiro atoms. The van der Waals surface area contributed by atoms with Crippen molar-refractivity contribution in [2.24, 2.45) is 0 Å². The molecule has 144 valence electrons. The molecule has 2 aliphatic heterocycles. The van der Waals surface area contributed by atoms with Gasteiger partial charge in [-0.05, 0) is 57.8 Å². The molecule has 2 fully saturated rings. The highest BCUT2D eigenvalue weighted by molar-refractivity contribution is 5.94. The molecule has 2 atom stereocenters. The summed E-state index contributed by atoms with van der Waals surface area (Å²) < 4.78 is 1.74. The Kier molecular flexibility index (Phi) is 5.07. The second-order valence-electron chi connectivity index (χ2n) is 7.55. The minimum Gasteiger partial charge on any atom is -0.349 e. The molecule has 8 heteroatoms. The second kappa shape index (κ2) is 7.64. The zero-order valence-electron chi connectivity index (χ0n) is 15.6. The van der Waals surface area contributed by atoms with E-state index in [-0.39, 0.29) is 29.9 Å². The maximum Gasteiger partial charge on any atom is 0.253 e. The molecule has 0 aliphatic carbocycles. The Hall–Kier alpha value is -2.48. The first-order valence-corrected chi connectivity index (χ1v) is 9.71. The largest absolute Gasteiger partial charge is 0.349 e. The van der Waals surface area contributed by atoms with Gasteiger partial charge >= 0.3 is 0 Å². The first-order chi connectivity index (χ1) is 13.2. The van der Waals surface area contributed by atoms with E-state index in [2.05, 4.69) is 25.7 Å². The quantitative estimate of drug-likeness (QED) is 0.740. The number of amides is 2. The lowest BCUT2D eigenvalue weighted by molar-refractivity contribution is -0.135. The fourth-order valence-corrected chi connectivity index (χ4v) is 4.48. The molecule has 2 amide bonds. The summed E-state index contributed by atoms with van der Waals surface area (Å²) in [5.74, 6) is 0.185. The number of carbonyl (C=O) groups is 2. The van der Waals surface area contributed by atoms with Crippen LogP contribution in [0.15, 0.2) is 24.7 Å². The van der Waals surface area contributed by atoms with Gasteiger partial charge in [0.2, 0.25) is 5.91 Å². The molecule has 0 radical (unpaired) electrons. The normalized spacial score (nSPS) is 24.3. The lowest BCUT2D eigenvalue weighted by Gasteiger charge is -2.39. The number of hydrogen-bond acceptors (Lipinski definition) is 5. The van der Waals surface area contributed by atoms with Gasteiger partial charge in [-0.2, -0.15) is 0 Å². The number of nitrogens with one attached hydrogen (secondary N) is 2. The molecule has 2 N–H and O–H groups in total. The summed E-state index contributed by atoms with van der Waals surface area (Å²) in [7, 11) is 1.91. The molecule has 2 unspecified atom stereocenters. The van der Waals surface area contributed by atoms with Crippen LogP contribution in [-0.4, -0.2) is 63.0 Å². The fraction of sp³-hybridized carbons (Fsp3) is 0.579. The van der Waals surface area contributed by atoms with Crippen molar-refractivity contribution in [2.75, 3.05) is 13.6 Å². The van der Waals surface area contributed by atoms with Gasteiger partial charge in [-0.15, -0.1) is 10.2 Å². The Morgan fingerprint density at radius 2 is 2.00 bits per heavy atom. The van der Waals surface area contributed by atoms with Crippen LogP contribution in [0.2, 0.25) is 0 Å². The summed E-state index contributed by atoms with van der Waals surface area (Å²) in [4.78, 5) is 27.3. The van der Waals surface area contributed by atoms with E-state index >= 15 is 0 Å². The van der Waals surface area contributed by atoms with E-state index < -0.39 is 0 Å². The van der Waals surface area contributed by atoms with Crippen LogP contribution >= 0.6 is 0 Å². The molecule has 2 aromatic heterocycles. The molecule has 0 saturated carbocycles. The maximum atomic E-state index is 12.6. The lowest BCUT2D eigenvalue weighted by atomic mass is 9.96. The highest BCUT2D eigenvalue weighted by Crippen LogP contribution is 2.36. The number of pyridine rings is 1. The molecule has 0 aromatic carbocycles. The fourth-order valence-electron chi connectivity index (χ4n) is 4.48. The van der Waals surface area contributed by atoms with E-state index in [0.29, 0.717) is 12.0 Å². The Morgan fingerprint density at radius 3 is 2.74 bits per heavy atom. The predicted molar refractivity (Wildman–Crippen MR) is 100 cm³/mol. The van der Waals surface area contributed by atoms with E-state index in [1.165, 1.54) is 0 Å². The summed E-state index contributed by atoms with van der Waals surface area (Å²) in [6, 6.07) is 4.20. The Balaban J connectivity index is 1.36. The monoisotopic (exact) mass is 370 g/mol. The van der Waals surface area contributed by atoms with Crippen molar-refractivity contribution in [3.05, 3.63) is 30.2 Å². The van der Waals surface area contributed by atoms with Crippen LogP contribution in [0.25, 0.3) is 5.65 Å². The van der Waals surface area contributed by atoms with Crippen LogP contribution in [0, 0.1) is 0 Å². The van der Waals surface area contributed by atoms with E-state index in [0.717, 1.165) is 44.3 Å². The molecule has 2 bridgehead atoms. The van der Waals surface area contributed by atoms with E-state index in [1.54, 1.807) is 29.1 Å². The molecule has 27 heavy (non-hydrogen) atoms. The van der Waals surface area contributed by atoms with Crippen LogP contribution in [0.3, 0.4) is 0 Å². The minimum atomic E-state index is -0.0798. The van der Waals surface area contributed by atoms with Gasteiger partial charge in [-0.25, -0.2) is 0 Å². The number of rotatable bonds is 6. The Bertz CT molecular complexity index is 820. The van der Waals surface area contributed by atoms with Crippen molar-refractivity contribution in [1.82, 2.24) is 30.1 Å². The number of carbonyl (C=O) groups excluding carboxylic acids is 2. The van der Waals surface area contributed by atoms with Crippen molar-refractivity contribution in [3.63, 3.8) is 0 Å². The van der Waals surface area contributed by atoms with Gasteiger partial charge in [-0.3, -0.25) is 14.0 Å². The van der Waals surface area contributed by atoms with Gasteiger partial charge in [0.15, 0.2) is 5.65 Å². The van der Waals surface area contributed by atoms with Crippen molar-refractivity contribution in [1.29, 1.82) is 0 Å². The van der Waals surface area contributed by atoms with Gasteiger partial charge < -0.3 is 15.5 Å². The predicted octanol–water partition coefficient (Wildman–Crippen LogP) is 0.981. The molecule has 2 aromatic rings. The molecule has 8 nitrogen and oxygen atoms in total. The van der Waals surface area contributed by atoms with Crippen LogP contribution in [0.1, 0.15) is 48.9 Å². The molecule has 2 saturated heterocycles. The molecule has 2 aliphatic rings. The zero-order valence-corrected chi connectivity index (χ0v) is 15.6. The third-order valence-corrected chi connectivity index (χ3v) is 5.73. The van der Waals surface area contributed by atoms with Crippen LogP contribution in [0.4, 0.5) is 0 Å². The molecule has 4 rings (SSSR count). The van der Waals surface area contributed by atoms with Crippen molar-refractivity contribution < 1.29 is 9.59 Å². The Labute approximate surface area is 158 Å². The minimum absolute atomic E-state index is 0.0798. The van der Waals surface area contributed by atoms with E-state index in [4.69, 9.17) is 0 Å². The van der Waals surface area contributed by atoms with Crippen molar-refractivity contribution in [3.8, 4) is 0 Å². The first-order valence-electron chi connectivity index (χ1n) is 9.71. The Morgan fingerprint density at radius 1 is 1.22 bits per heavy atom. The third-order valence-electron chi connectivity index (χ3n) is 5.73. The lowest BCUT2D eigenvalue weighted by Crippen LogP contribution is -2.52. The average Bonchev–Trinajstić information content (AvgIpc) is 3.23. The SMILES string of the molecule is CNCCCC(=O)N1C2CCC1CC(NC(=O)c1ccc3nncn3c1)C2. The van der Waals surface area contributed by atoms with Crippen LogP contribution in [-0.2, 0) is 4.79 Å². The molecule has 4 heterocycles. The van der Waals surface area contributed by atoms with Gasteiger partial charge in [0.1, 0.15) is 6.33 Å². The summed E-state index contributed by atoms with van der Waals surface area (Å²) >= 11 is 0. The van der Waals surface area contributed by atoms with Gasteiger partial charge in [0, 0.05) is 30.7 Å². The van der Waals surface area contributed by atoms with E-state index in [9.17, 15) is 9.59 Å². The summed E-state index contributed by atoms with van der Waals surface area (Å²) in [5.41, 5.74) is 1.31. The number of piperidine rings is 1. The summed E-state index contributed by atoms with van der Waals surface area (Å²) in [6.45, 7) is 0.865. The van der Waals surface area contributed by atoms with Crippen molar-refractivity contribution >= 4 is 17.5 Å². The van der Waals surface area contributed by atoms with E-state index in [1.807, 2.05) is 7.05 Å². The second-order valence-corrected chi connectivity index (χ2v) is 7.55. The maximum absolute atomic E-state index is 12.6. The summed E-state index contributed by atoms with van der Waals surface area (Å²) in [5, 5.41) is 14.0. The smallest absolute Gasteiger partial charge is 0.253 e. The van der Waals surface area contributed by atoms with Gasteiger partial charge in [-0.1, -0.05) is 0 Å². The number of aromatic nitrogens is 3. The molecular formula is C19H26N6O2. The standard InChI is InChI=1S/C19H26N6O2/c1-20-8-2-3-18(26)25-15-5-6-16(25)10-14(9-15)22-19(27)13-4-7-17-23-21-12-24(17)11-13/h4,7,11-12,14-16,20H,2-3,5-6,8-10H2,1H3,(H,22,27). The highest BCUT2D eigenvalue weighted by atomic mass is 16.2. The highest BCUT2D eigenvalue weighted by Gasteiger charge is 2.43. The zero-order chi connectivity index (χ0) is 18.8.